The molecule has 134 valence electrons. The topological polar surface area (TPSA) is 105 Å². The molecule has 0 saturated carbocycles. The fourth-order valence-corrected chi connectivity index (χ4v) is 4.85. The van der Waals surface area contributed by atoms with Crippen LogP contribution in [0, 0.1) is 0 Å². The molecule has 1 N–H and O–H groups in total. The van der Waals surface area contributed by atoms with Gasteiger partial charge in [-0.2, -0.15) is 10.3 Å². The Hall–Kier alpha value is -1.81. The first-order chi connectivity index (χ1) is 11.7. The second kappa shape index (κ2) is 6.49. The summed E-state index contributed by atoms with van der Waals surface area (Å²) in [6.45, 7) is 7.20. The number of H-pyrrole nitrogens is 1. The quantitative estimate of drug-likeness (QED) is 0.360. The van der Waals surface area contributed by atoms with E-state index in [2.05, 4.69) is 15.4 Å². The summed E-state index contributed by atoms with van der Waals surface area (Å²) in [7, 11) is 0. The minimum Gasteiger partial charge on any atom is -0.455 e. The number of carbonyl (C=O) groups is 3. The Morgan fingerprint density at radius 3 is 2.80 bits per heavy atom. The Balaban J connectivity index is 1.95. The molecule has 2 aliphatic heterocycles. The van der Waals surface area contributed by atoms with Crippen LogP contribution >= 0.6 is 23.5 Å². The van der Waals surface area contributed by atoms with Crippen LogP contribution in [0.3, 0.4) is 0 Å². The molecule has 25 heavy (non-hydrogen) atoms. The molecule has 2 atom stereocenters. The molecule has 2 aliphatic rings. The minimum absolute atomic E-state index is 0.135. The number of fused-ring (bicyclic) bond motifs is 1. The van der Waals surface area contributed by atoms with Crippen molar-refractivity contribution in [3.63, 3.8) is 0 Å². The molecule has 3 heterocycles. The van der Waals surface area contributed by atoms with Gasteiger partial charge in [0.2, 0.25) is 0 Å². The molecule has 1 fully saturated rings. The van der Waals surface area contributed by atoms with Crippen molar-refractivity contribution in [3.05, 3.63) is 17.5 Å². The number of Topliss-reactive ketones (excluding diaryl/α,β-unsaturated/α-hetero) is 1. The number of ketones is 1. The van der Waals surface area contributed by atoms with E-state index in [4.69, 9.17) is 4.74 Å². The van der Waals surface area contributed by atoms with Crippen LogP contribution in [0.4, 0.5) is 0 Å². The smallest absolute Gasteiger partial charge is 0.355 e. The van der Waals surface area contributed by atoms with Gasteiger partial charge in [0, 0.05) is 11.0 Å². The molecule has 8 nitrogen and oxygen atoms in total. The molecule has 1 unspecified atom stereocenters. The van der Waals surface area contributed by atoms with Crippen LogP contribution in [0.25, 0.3) is 0 Å². The first-order valence-corrected chi connectivity index (χ1v) is 9.59. The number of aromatic nitrogens is 3. The highest BCUT2D eigenvalue weighted by Gasteiger charge is 2.54. The zero-order valence-corrected chi connectivity index (χ0v) is 15.9. The lowest BCUT2D eigenvalue weighted by atomic mass is 10.0. The van der Waals surface area contributed by atoms with Crippen LogP contribution in [-0.4, -0.2) is 59.9 Å². The number of thioether (sulfide) groups is 2. The summed E-state index contributed by atoms with van der Waals surface area (Å²) in [5.74, 6) is -1.24. The number of carbonyl (C=O) groups excluding carboxylic acids is 3. The summed E-state index contributed by atoms with van der Waals surface area (Å²) in [6, 6.07) is 0. The van der Waals surface area contributed by atoms with Crippen molar-refractivity contribution in [2.24, 2.45) is 0 Å². The van der Waals surface area contributed by atoms with E-state index in [1.54, 1.807) is 27.0 Å². The van der Waals surface area contributed by atoms with Crippen LogP contribution in [0.1, 0.15) is 27.7 Å². The number of nitrogens with one attached hydrogen (secondary N) is 1. The van der Waals surface area contributed by atoms with Crippen molar-refractivity contribution >= 4 is 41.2 Å². The number of ether oxygens (including phenoxy) is 1. The zero-order valence-electron chi connectivity index (χ0n) is 14.2. The number of rotatable bonds is 4. The number of nitrogens with zero attached hydrogens (tertiary/aromatic N) is 3. The standard InChI is InChI=1S/C15H18N4O4S2/c1-7(25-9-5-16-18-17-9)8-6-24-13-11(20)12(21)19(13)10(8)14(22)23-15(2,3)4/h5,7,13H,6H2,1-4H3,(H,16,17,18)/t7?,13-/m0/s1. The van der Waals surface area contributed by atoms with Crippen LogP contribution in [-0.2, 0) is 19.1 Å². The Morgan fingerprint density at radius 1 is 1.48 bits per heavy atom. The SMILES string of the molecule is CC(Sc1cn[nH]n1)C1=C(C(=O)OC(C)(C)C)N2C(=O)C(=O)[C@@H]2SC1. The van der Waals surface area contributed by atoms with Gasteiger partial charge in [0.1, 0.15) is 16.3 Å². The van der Waals surface area contributed by atoms with Crippen molar-refractivity contribution < 1.29 is 19.1 Å². The maximum absolute atomic E-state index is 12.7. The maximum Gasteiger partial charge on any atom is 0.355 e. The number of hydrogen-bond donors (Lipinski definition) is 1. The molecule has 1 aromatic rings. The first kappa shape index (κ1) is 18.0. The van der Waals surface area contributed by atoms with E-state index in [0.717, 1.165) is 5.57 Å². The largest absolute Gasteiger partial charge is 0.455 e. The third kappa shape index (κ3) is 3.45. The highest BCUT2D eigenvalue weighted by Crippen LogP contribution is 2.42. The molecule has 0 spiro atoms. The molecular formula is C15H18N4O4S2. The van der Waals surface area contributed by atoms with E-state index in [-0.39, 0.29) is 10.9 Å². The summed E-state index contributed by atoms with van der Waals surface area (Å²) in [5, 5.41) is 10.2. The van der Waals surface area contributed by atoms with Gasteiger partial charge in [-0.1, -0.05) is 11.8 Å². The van der Waals surface area contributed by atoms with Gasteiger partial charge in [0.25, 0.3) is 11.7 Å². The number of hydrogen-bond acceptors (Lipinski definition) is 8. The van der Waals surface area contributed by atoms with Crippen molar-refractivity contribution in [2.45, 2.75) is 48.9 Å². The molecular weight excluding hydrogens is 364 g/mol. The highest BCUT2D eigenvalue weighted by molar-refractivity contribution is 8.01. The number of amides is 1. The van der Waals surface area contributed by atoms with Gasteiger partial charge in [-0.15, -0.1) is 16.9 Å². The molecule has 0 bridgehead atoms. The van der Waals surface area contributed by atoms with E-state index < -0.39 is 28.6 Å². The average molecular weight is 382 g/mol. The minimum atomic E-state index is -0.699. The van der Waals surface area contributed by atoms with E-state index >= 15 is 0 Å². The third-order valence-electron chi connectivity index (χ3n) is 3.60. The monoisotopic (exact) mass is 382 g/mol. The molecule has 1 saturated heterocycles. The third-order valence-corrected chi connectivity index (χ3v) is 5.90. The van der Waals surface area contributed by atoms with Gasteiger partial charge in [-0.3, -0.25) is 14.5 Å². The van der Waals surface area contributed by atoms with E-state index in [9.17, 15) is 14.4 Å². The summed E-state index contributed by atoms with van der Waals surface area (Å²) in [4.78, 5) is 37.8. The second-order valence-corrected chi connectivity index (χ2v) is 9.08. The van der Waals surface area contributed by atoms with Crippen LogP contribution in [0.2, 0.25) is 0 Å². The maximum atomic E-state index is 12.7. The Kier molecular flexibility index (Phi) is 4.67. The fourth-order valence-electron chi connectivity index (χ4n) is 2.51. The van der Waals surface area contributed by atoms with Crippen LogP contribution in [0.5, 0.6) is 0 Å². The first-order valence-electron chi connectivity index (χ1n) is 7.67. The van der Waals surface area contributed by atoms with Gasteiger partial charge in [-0.25, -0.2) is 4.79 Å². The van der Waals surface area contributed by atoms with Crippen molar-refractivity contribution in [2.75, 3.05) is 5.75 Å². The van der Waals surface area contributed by atoms with Crippen molar-refractivity contribution in [1.29, 1.82) is 0 Å². The molecule has 10 heteroatoms. The van der Waals surface area contributed by atoms with Gasteiger partial charge >= 0.3 is 5.97 Å². The average Bonchev–Trinajstić information content (AvgIpc) is 3.03. The van der Waals surface area contributed by atoms with Crippen LogP contribution in [0.15, 0.2) is 22.5 Å². The normalized spacial score (nSPS) is 21.8. The predicted octanol–water partition coefficient (Wildman–Crippen LogP) is 1.37. The lowest BCUT2D eigenvalue weighted by Gasteiger charge is -2.43. The van der Waals surface area contributed by atoms with E-state index in [1.807, 2.05) is 6.92 Å². The Bertz CT molecular complexity index is 754. The Labute approximate surface area is 153 Å². The molecule has 0 aromatic carbocycles. The van der Waals surface area contributed by atoms with Crippen LogP contribution < -0.4 is 0 Å². The van der Waals surface area contributed by atoms with Gasteiger partial charge in [-0.05, 0) is 33.3 Å². The molecule has 1 aromatic heterocycles. The predicted molar refractivity (Wildman–Crippen MR) is 92.7 cm³/mol. The van der Waals surface area contributed by atoms with Gasteiger partial charge < -0.3 is 4.74 Å². The summed E-state index contributed by atoms with van der Waals surface area (Å²) >= 11 is 2.76. The van der Waals surface area contributed by atoms with Crippen molar-refractivity contribution in [1.82, 2.24) is 20.3 Å². The van der Waals surface area contributed by atoms with Crippen molar-refractivity contribution in [3.8, 4) is 0 Å². The molecule has 3 rings (SSSR count). The highest BCUT2D eigenvalue weighted by atomic mass is 32.2. The summed E-state index contributed by atoms with van der Waals surface area (Å²) in [5.41, 5.74) is 0.242. The number of esters is 1. The molecule has 0 radical (unpaired) electrons. The Morgan fingerprint density at radius 2 is 2.20 bits per heavy atom. The lowest BCUT2D eigenvalue weighted by molar-refractivity contribution is -0.161. The summed E-state index contributed by atoms with van der Waals surface area (Å²) in [6.07, 6.45) is 1.59. The molecule has 0 aliphatic carbocycles. The lowest BCUT2D eigenvalue weighted by Crippen LogP contribution is -2.62. The number of β-lactam (4-membered cyclic amide) rings is 1. The van der Waals surface area contributed by atoms with E-state index in [0.29, 0.717) is 10.8 Å². The summed E-state index contributed by atoms with van der Waals surface area (Å²) < 4.78 is 5.47. The zero-order chi connectivity index (χ0) is 18.4. The fraction of sp³-hybridized carbons (Fsp3) is 0.533. The van der Waals surface area contributed by atoms with Gasteiger partial charge in [0.05, 0.1) is 6.20 Å². The molecule has 1 amide bonds. The van der Waals surface area contributed by atoms with Gasteiger partial charge in [0.15, 0.2) is 5.37 Å². The van der Waals surface area contributed by atoms with E-state index in [1.165, 1.54) is 28.4 Å². The second-order valence-electron chi connectivity index (χ2n) is 6.65. The number of aromatic amines is 1.